The molecule has 3 N–H and O–H groups in total. The highest BCUT2D eigenvalue weighted by atomic mass is 19.1. The molecule has 0 radical (unpaired) electrons. The first kappa shape index (κ1) is 13.6. The number of rotatable bonds is 2. The minimum absolute atomic E-state index is 0.0544. The van der Waals surface area contributed by atoms with E-state index < -0.39 is 11.7 Å². The van der Waals surface area contributed by atoms with Crippen LogP contribution in [0.3, 0.4) is 0 Å². The fraction of sp³-hybridized carbons (Fsp3) is 0.0714. The lowest BCUT2D eigenvalue weighted by Gasteiger charge is -2.05. The molecular weight excluding hydrogens is 259 g/mol. The Bertz CT molecular complexity index is 674. The Morgan fingerprint density at radius 3 is 2.85 bits per heavy atom. The third-order valence-corrected chi connectivity index (χ3v) is 2.35. The molecule has 1 amide bonds. The Morgan fingerprint density at radius 1 is 1.35 bits per heavy atom. The second kappa shape index (κ2) is 6.41. The molecule has 2 heterocycles. The SMILES string of the molecule is NCC#Cc1ccc(C(=O)Nc2ccncc2F)nc1. The van der Waals surface area contributed by atoms with Crippen LogP contribution in [0.15, 0.2) is 36.8 Å². The first-order valence-corrected chi connectivity index (χ1v) is 5.76. The van der Waals surface area contributed by atoms with E-state index in [9.17, 15) is 9.18 Å². The van der Waals surface area contributed by atoms with E-state index in [0.29, 0.717) is 5.56 Å². The zero-order chi connectivity index (χ0) is 14.4. The van der Waals surface area contributed by atoms with Gasteiger partial charge < -0.3 is 11.1 Å². The third kappa shape index (κ3) is 3.37. The van der Waals surface area contributed by atoms with Crippen LogP contribution in [0.5, 0.6) is 0 Å². The molecule has 0 aromatic carbocycles. The van der Waals surface area contributed by atoms with Gasteiger partial charge >= 0.3 is 0 Å². The fourth-order valence-corrected chi connectivity index (χ4v) is 1.42. The smallest absolute Gasteiger partial charge is 0.274 e. The molecule has 0 saturated carbocycles. The molecule has 0 aliphatic rings. The number of carbonyl (C=O) groups is 1. The van der Waals surface area contributed by atoms with E-state index in [0.717, 1.165) is 6.20 Å². The van der Waals surface area contributed by atoms with Gasteiger partial charge in [0.15, 0.2) is 5.82 Å². The van der Waals surface area contributed by atoms with E-state index in [4.69, 9.17) is 5.73 Å². The molecular formula is C14H11FN4O. The molecule has 0 bridgehead atoms. The van der Waals surface area contributed by atoms with Crippen molar-refractivity contribution in [2.75, 3.05) is 11.9 Å². The normalized spacial score (nSPS) is 9.50. The average molecular weight is 270 g/mol. The lowest BCUT2D eigenvalue weighted by atomic mass is 10.2. The number of carbonyl (C=O) groups excluding carboxylic acids is 1. The van der Waals surface area contributed by atoms with Gasteiger partial charge in [0.1, 0.15) is 5.69 Å². The van der Waals surface area contributed by atoms with Crippen molar-refractivity contribution in [1.82, 2.24) is 9.97 Å². The number of aromatic nitrogens is 2. The lowest BCUT2D eigenvalue weighted by Crippen LogP contribution is -2.14. The van der Waals surface area contributed by atoms with Gasteiger partial charge in [-0.25, -0.2) is 9.37 Å². The van der Waals surface area contributed by atoms with Gasteiger partial charge in [-0.05, 0) is 18.2 Å². The van der Waals surface area contributed by atoms with Gasteiger partial charge in [0.2, 0.25) is 0 Å². The summed E-state index contributed by atoms with van der Waals surface area (Å²) < 4.78 is 13.3. The molecule has 20 heavy (non-hydrogen) atoms. The topological polar surface area (TPSA) is 80.9 Å². The van der Waals surface area contributed by atoms with Crippen LogP contribution in [0.2, 0.25) is 0 Å². The minimum Gasteiger partial charge on any atom is -0.320 e. The van der Waals surface area contributed by atoms with Crippen molar-refractivity contribution >= 4 is 11.6 Å². The molecule has 2 aromatic heterocycles. The van der Waals surface area contributed by atoms with E-state index in [-0.39, 0.29) is 17.9 Å². The van der Waals surface area contributed by atoms with Gasteiger partial charge in [-0.1, -0.05) is 11.8 Å². The van der Waals surface area contributed by atoms with Gasteiger partial charge in [0.25, 0.3) is 5.91 Å². The number of anilines is 1. The van der Waals surface area contributed by atoms with Crippen LogP contribution in [0.25, 0.3) is 0 Å². The van der Waals surface area contributed by atoms with Crippen molar-refractivity contribution < 1.29 is 9.18 Å². The van der Waals surface area contributed by atoms with E-state index in [2.05, 4.69) is 27.1 Å². The third-order valence-electron chi connectivity index (χ3n) is 2.35. The Hall–Kier alpha value is -2.78. The summed E-state index contributed by atoms with van der Waals surface area (Å²) in [6.07, 6.45) is 3.87. The quantitative estimate of drug-likeness (QED) is 0.803. The largest absolute Gasteiger partial charge is 0.320 e. The average Bonchev–Trinajstić information content (AvgIpc) is 2.48. The van der Waals surface area contributed by atoms with Crippen LogP contribution < -0.4 is 11.1 Å². The highest BCUT2D eigenvalue weighted by molar-refractivity contribution is 6.02. The first-order chi connectivity index (χ1) is 9.70. The van der Waals surface area contributed by atoms with Gasteiger partial charge in [-0.2, -0.15) is 0 Å². The second-order valence-electron chi connectivity index (χ2n) is 3.75. The van der Waals surface area contributed by atoms with Crippen LogP contribution in [0.4, 0.5) is 10.1 Å². The number of nitrogens with one attached hydrogen (secondary N) is 1. The predicted molar refractivity (Wildman–Crippen MR) is 72.3 cm³/mol. The molecule has 5 nitrogen and oxygen atoms in total. The van der Waals surface area contributed by atoms with E-state index in [1.54, 1.807) is 6.07 Å². The van der Waals surface area contributed by atoms with Gasteiger partial charge in [-0.15, -0.1) is 0 Å². The molecule has 6 heteroatoms. The minimum atomic E-state index is -0.605. The molecule has 0 atom stereocenters. The van der Waals surface area contributed by atoms with Crippen LogP contribution >= 0.6 is 0 Å². The summed E-state index contributed by atoms with van der Waals surface area (Å²) in [6, 6.07) is 4.52. The molecule has 0 fully saturated rings. The maximum atomic E-state index is 13.3. The Labute approximate surface area is 115 Å². The molecule has 0 unspecified atom stereocenters. The molecule has 2 rings (SSSR count). The van der Waals surface area contributed by atoms with E-state index in [1.807, 2.05) is 0 Å². The molecule has 0 spiro atoms. The summed E-state index contributed by atoms with van der Waals surface area (Å²) in [5.41, 5.74) is 6.13. The summed E-state index contributed by atoms with van der Waals surface area (Å²) in [4.78, 5) is 19.4. The number of hydrogen-bond donors (Lipinski definition) is 2. The van der Waals surface area contributed by atoms with Gasteiger partial charge in [0.05, 0.1) is 18.4 Å². The molecule has 0 aliphatic heterocycles. The molecule has 2 aromatic rings. The van der Waals surface area contributed by atoms with Crippen molar-refractivity contribution in [1.29, 1.82) is 0 Å². The second-order valence-corrected chi connectivity index (χ2v) is 3.75. The number of hydrogen-bond acceptors (Lipinski definition) is 4. The zero-order valence-corrected chi connectivity index (χ0v) is 10.4. The van der Waals surface area contributed by atoms with Crippen LogP contribution in [-0.4, -0.2) is 22.4 Å². The summed E-state index contributed by atoms with van der Waals surface area (Å²) in [7, 11) is 0. The summed E-state index contributed by atoms with van der Waals surface area (Å²) in [5, 5.41) is 2.42. The van der Waals surface area contributed by atoms with E-state index in [1.165, 1.54) is 24.5 Å². The number of pyridine rings is 2. The predicted octanol–water partition coefficient (Wildman–Crippen LogP) is 1.18. The molecule has 0 aliphatic carbocycles. The summed E-state index contributed by atoms with van der Waals surface area (Å²) in [6.45, 7) is 0.254. The number of halogens is 1. The maximum Gasteiger partial charge on any atom is 0.274 e. The summed E-state index contributed by atoms with van der Waals surface area (Å²) >= 11 is 0. The zero-order valence-electron chi connectivity index (χ0n) is 10.4. The number of nitrogens with zero attached hydrogens (tertiary/aromatic N) is 2. The monoisotopic (exact) mass is 270 g/mol. The van der Waals surface area contributed by atoms with Crippen molar-refractivity contribution in [3.05, 3.63) is 53.9 Å². The Morgan fingerprint density at radius 2 is 2.20 bits per heavy atom. The lowest BCUT2D eigenvalue weighted by molar-refractivity contribution is 0.102. The molecule has 100 valence electrons. The van der Waals surface area contributed by atoms with Crippen molar-refractivity contribution in [2.24, 2.45) is 5.73 Å². The van der Waals surface area contributed by atoms with Crippen LogP contribution in [-0.2, 0) is 0 Å². The fourth-order valence-electron chi connectivity index (χ4n) is 1.42. The first-order valence-electron chi connectivity index (χ1n) is 5.76. The highest BCUT2D eigenvalue weighted by Crippen LogP contribution is 2.12. The van der Waals surface area contributed by atoms with Crippen molar-refractivity contribution in [3.63, 3.8) is 0 Å². The Kier molecular flexibility index (Phi) is 4.37. The maximum absolute atomic E-state index is 13.3. The highest BCUT2D eigenvalue weighted by Gasteiger charge is 2.10. The number of nitrogens with two attached hydrogens (primary N) is 1. The van der Waals surface area contributed by atoms with Crippen LogP contribution in [0.1, 0.15) is 16.1 Å². The number of amides is 1. The Balaban J connectivity index is 2.12. The van der Waals surface area contributed by atoms with Gasteiger partial charge in [0, 0.05) is 18.0 Å². The van der Waals surface area contributed by atoms with Crippen molar-refractivity contribution in [2.45, 2.75) is 0 Å². The summed E-state index contributed by atoms with van der Waals surface area (Å²) in [5.74, 6) is 4.36. The molecule has 0 saturated heterocycles. The van der Waals surface area contributed by atoms with Gasteiger partial charge in [-0.3, -0.25) is 9.78 Å². The van der Waals surface area contributed by atoms with E-state index >= 15 is 0 Å². The van der Waals surface area contributed by atoms with Crippen LogP contribution in [0, 0.1) is 17.7 Å². The van der Waals surface area contributed by atoms with Crippen molar-refractivity contribution in [3.8, 4) is 11.8 Å². The standard InChI is InChI=1S/C14H11FN4O/c15-11-9-17-7-5-12(11)19-14(20)13-4-3-10(8-18-13)2-1-6-16/h3-5,7-9H,6,16H2,(H,17,19,20).